The molecular formula is C17H14Br3ClN2O. The SMILES string of the molecule is Cl.OC1(c2ccc(Br)cc2)c2cc(Br)c(Br)cc2C2=NCCCN21. The zero-order chi connectivity index (χ0) is 16.2. The van der Waals surface area contributed by atoms with E-state index < -0.39 is 5.72 Å². The molecule has 3 nitrogen and oxygen atoms in total. The molecule has 0 bridgehead atoms. The Kier molecular flexibility index (Phi) is 5.15. The van der Waals surface area contributed by atoms with E-state index in [0.717, 1.165) is 55.5 Å². The summed E-state index contributed by atoms with van der Waals surface area (Å²) in [6.45, 7) is 1.59. The number of rotatable bonds is 1. The third kappa shape index (κ3) is 2.67. The fourth-order valence-corrected chi connectivity index (χ4v) is 4.26. The van der Waals surface area contributed by atoms with Crippen molar-refractivity contribution in [2.45, 2.75) is 12.1 Å². The van der Waals surface area contributed by atoms with Gasteiger partial charge >= 0.3 is 0 Å². The van der Waals surface area contributed by atoms with Crippen LogP contribution >= 0.6 is 60.2 Å². The first-order valence-corrected chi connectivity index (χ1v) is 9.70. The molecule has 2 aliphatic heterocycles. The van der Waals surface area contributed by atoms with Gasteiger partial charge in [-0.3, -0.25) is 4.99 Å². The quantitative estimate of drug-likeness (QED) is 0.553. The van der Waals surface area contributed by atoms with Gasteiger partial charge < -0.3 is 10.0 Å². The Balaban J connectivity index is 0.00000169. The van der Waals surface area contributed by atoms with E-state index in [9.17, 15) is 5.11 Å². The summed E-state index contributed by atoms with van der Waals surface area (Å²) in [6, 6.07) is 11.9. The van der Waals surface area contributed by atoms with Crippen molar-refractivity contribution in [1.29, 1.82) is 0 Å². The van der Waals surface area contributed by atoms with Gasteiger partial charge in [0.15, 0.2) is 5.72 Å². The smallest absolute Gasteiger partial charge is 0.193 e. The van der Waals surface area contributed by atoms with E-state index in [-0.39, 0.29) is 12.4 Å². The largest absolute Gasteiger partial charge is 0.363 e. The number of aliphatic imine (C=N–C) groups is 1. The van der Waals surface area contributed by atoms with E-state index in [0.29, 0.717) is 0 Å². The zero-order valence-corrected chi connectivity index (χ0v) is 18.0. The number of aliphatic hydroxyl groups is 1. The summed E-state index contributed by atoms with van der Waals surface area (Å²) in [5.74, 6) is 0.880. The van der Waals surface area contributed by atoms with Gasteiger partial charge in [0.25, 0.3) is 0 Å². The van der Waals surface area contributed by atoms with Crippen LogP contribution in [-0.4, -0.2) is 28.9 Å². The molecule has 0 saturated carbocycles. The van der Waals surface area contributed by atoms with E-state index >= 15 is 0 Å². The molecule has 2 heterocycles. The van der Waals surface area contributed by atoms with E-state index in [2.05, 4.69) is 52.8 Å². The van der Waals surface area contributed by atoms with E-state index in [1.807, 2.05) is 41.3 Å². The minimum Gasteiger partial charge on any atom is -0.363 e. The molecule has 7 heteroatoms. The summed E-state index contributed by atoms with van der Waals surface area (Å²) in [7, 11) is 0. The topological polar surface area (TPSA) is 35.8 Å². The lowest BCUT2D eigenvalue weighted by atomic mass is 9.94. The maximum absolute atomic E-state index is 11.7. The second-order valence-corrected chi connectivity index (χ2v) is 8.33. The number of fused-ring (bicyclic) bond motifs is 3. The first-order chi connectivity index (χ1) is 11.0. The van der Waals surface area contributed by atoms with Gasteiger partial charge in [0, 0.05) is 43.2 Å². The zero-order valence-electron chi connectivity index (χ0n) is 12.5. The third-order valence-corrected chi connectivity index (χ3v) is 6.74. The molecule has 2 aromatic carbocycles. The standard InChI is InChI=1S/C17H13Br3N2O.ClH/c18-11-4-2-10(3-5-11)17(23)13-9-15(20)14(19)8-12(13)16-21-6-1-7-22(16)17;/h2-5,8-9,23H,1,6-7H2;1H. The summed E-state index contributed by atoms with van der Waals surface area (Å²) in [6.07, 6.45) is 0.943. The lowest BCUT2D eigenvalue weighted by Gasteiger charge is -2.37. The number of amidine groups is 1. The summed E-state index contributed by atoms with van der Waals surface area (Å²) >= 11 is 10.6. The van der Waals surface area contributed by atoms with Crippen molar-refractivity contribution in [2.75, 3.05) is 13.1 Å². The Labute approximate surface area is 172 Å². The highest BCUT2D eigenvalue weighted by Crippen LogP contribution is 2.46. The van der Waals surface area contributed by atoms with Crippen LogP contribution in [0.5, 0.6) is 0 Å². The number of benzene rings is 2. The van der Waals surface area contributed by atoms with Gasteiger partial charge in [0.05, 0.1) is 0 Å². The lowest BCUT2D eigenvalue weighted by Crippen LogP contribution is -2.47. The van der Waals surface area contributed by atoms with Crippen LogP contribution in [0.25, 0.3) is 0 Å². The monoisotopic (exact) mass is 534 g/mol. The van der Waals surface area contributed by atoms with Crippen molar-refractivity contribution in [3.8, 4) is 0 Å². The van der Waals surface area contributed by atoms with Gasteiger partial charge in [-0.05, 0) is 62.5 Å². The molecule has 0 aliphatic carbocycles. The van der Waals surface area contributed by atoms with Gasteiger partial charge in [0.2, 0.25) is 0 Å². The molecule has 1 atom stereocenters. The van der Waals surface area contributed by atoms with Gasteiger partial charge in [-0.15, -0.1) is 12.4 Å². The Morgan fingerprint density at radius 3 is 2.42 bits per heavy atom. The number of hydrogen-bond donors (Lipinski definition) is 1. The Morgan fingerprint density at radius 1 is 1.04 bits per heavy atom. The van der Waals surface area contributed by atoms with Gasteiger partial charge in [-0.25, -0.2) is 0 Å². The maximum Gasteiger partial charge on any atom is 0.193 e. The Bertz CT molecular complexity index is 825. The first-order valence-electron chi connectivity index (χ1n) is 7.32. The van der Waals surface area contributed by atoms with Crippen LogP contribution in [0.3, 0.4) is 0 Å². The number of halogens is 4. The average Bonchev–Trinajstić information content (AvgIpc) is 2.79. The molecule has 0 radical (unpaired) electrons. The predicted octanol–water partition coefficient (Wildman–Crippen LogP) is 5.06. The molecule has 1 unspecified atom stereocenters. The van der Waals surface area contributed by atoms with Crippen LogP contribution < -0.4 is 0 Å². The normalized spacial score (nSPS) is 21.7. The van der Waals surface area contributed by atoms with Crippen molar-refractivity contribution in [1.82, 2.24) is 4.90 Å². The van der Waals surface area contributed by atoms with E-state index in [1.165, 1.54) is 0 Å². The van der Waals surface area contributed by atoms with Crippen LogP contribution in [0.1, 0.15) is 23.1 Å². The molecule has 4 rings (SSSR count). The highest BCUT2D eigenvalue weighted by Gasteiger charge is 2.49. The molecule has 1 N–H and O–H groups in total. The summed E-state index contributed by atoms with van der Waals surface area (Å²) in [5.41, 5.74) is 1.53. The molecule has 2 aliphatic rings. The van der Waals surface area contributed by atoms with Crippen LogP contribution in [0.4, 0.5) is 0 Å². The second kappa shape index (κ2) is 6.72. The Hall–Kier alpha value is -0.400. The van der Waals surface area contributed by atoms with Crippen LogP contribution in [0, 0.1) is 0 Å². The molecular weight excluding hydrogens is 523 g/mol. The van der Waals surface area contributed by atoms with Crippen molar-refractivity contribution in [2.24, 2.45) is 4.99 Å². The number of nitrogens with zero attached hydrogens (tertiary/aromatic N) is 2. The van der Waals surface area contributed by atoms with Crippen molar-refractivity contribution in [3.63, 3.8) is 0 Å². The minimum atomic E-state index is -1.18. The molecule has 126 valence electrons. The summed E-state index contributed by atoms with van der Waals surface area (Å²) in [5, 5.41) is 11.7. The highest BCUT2D eigenvalue weighted by atomic mass is 79.9. The molecule has 2 aromatic rings. The molecule has 0 amide bonds. The summed E-state index contributed by atoms with van der Waals surface area (Å²) < 4.78 is 2.88. The second-order valence-electron chi connectivity index (χ2n) is 5.70. The average molecular weight is 537 g/mol. The van der Waals surface area contributed by atoms with Crippen LogP contribution in [0.2, 0.25) is 0 Å². The Morgan fingerprint density at radius 2 is 1.71 bits per heavy atom. The molecule has 0 saturated heterocycles. The molecule has 24 heavy (non-hydrogen) atoms. The molecule has 0 aromatic heterocycles. The van der Waals surface area contributed by atoms with Crippen molar-refractivity contribution in [3.05, 3.63) is 66.5 Å². The fraction of sp³-hybridized carbons (Fsp3) is 0.235. The highest BCUT2D eigenvalue weighted by molar-refractivity contribution is 9.13. The first kappa shape index (κ1) is 18.4. The molecule has 0 spiro atoms. The van der Waals surface area contributed by atoms with E-state index in [1.54, 1.807) is 0 Å². The number of hydrogen-bond acceptors (Lipinski definition) is 3. The third-order valence-electron chi connectivity index (χ3n) is 4.37. The fourth-order valence-electron chi connectivity index (χ4n) is 3.31. The van der Waals surface area contributed by atoms with Crippen molar-refractivity contribution >= 4 is 66.0 Å². The van der Waals surface area contributed by atoms with Crippen LogP contribution in [0.15, 0.2) is 54.8 Å². The van der Waals surface area contributed by atoms with Gasteiger partial charge in [0.1, 0.15) is 5.84 Å². The molecule has 0 fully saturated rings. The predicted molar refractivity (Wildman–Crippen MR) is 109 cm³/mol. The summed E-state index contributed by atoms with van der Waals surface area (Å²) in [4.78, 5) is 6.70. The maximum atomic E-state index is 11.7. The van der Waals surface area contributed by atoms with E-state index in [4.69, 9.17) is 0 Å². The van der Waals surface area contributed by atoms with Gasteiger partial charge in [-0.2, -0.15) is 0 Å². The van der Waals surface area contributed by atoms with Crippen LogP contribution in [-0.2, 0) is 5.72 Å². The van der Waals surface area contributed by atoms with Crippen molar-refractivity contribution < 1.29 is 5.11 Å². The lowest BCUT2D eigenvalue weighted by molar-refractivity contribution is -0.0318. The van der Waals surface area contributed by atoms with Gasteiger partial charge in [-0.1, -0.05) is 28.1 Å². The minimum absolute atomic E-state index is 0.